The van der Waals surface area contributed by atoms with Crippen molar-refractivity contribution in [2.24, 2.45) is 0 Å². The summed E-state index contributed by atoms with van der Waals surface area (Å²) in [6.07, 6.45) is 3.48. The van der Waals surface area contributed by atoms with E-state index in [1.807, 2.05) is 6.92 Å². The number of hydrogen-bond donors (Lipinski definition) is 1. The fourth-order valence-electron chi connectivity index (χ4n) is 2.48. The van der Waals surface area contributed by atoms with E-state index in [1.54, 1.807) is 12.1 Å². The number of aromatic nitrogens is 1. The van der Waals surface area contributed by atoms with Crippen LogP contribution in [0.2, 0.25) is 0 Å². The van der Waals surface area contributed by atoms with Crippen molar-refractivity contribution in [3.8, 4) is 5.75 Å². The number of anilines is 1. The van der Waals surface area contributed by atoms with Gasteiger partial charge in [0.15, 0.2) is 0 Å². The summed E-state index contributed by atoms with van der Waals surface area (Å²) in [7, 11) is 0. The van der Waals surface area contributed by atoms with Gasteiger partial charge < -0.3 is 14.8 Å². The van der Waals surface area contributed by atoms with Crippen molar-refractivity contribution in [2.45, 2.75) is 25.9 Å². The quantitative estimate of drug-likeness (QED) is 0.913. The summed E-state index contributed by atoms with van der Waals surface area (Å²) < 4.78 is 24.8. The molecule has 5 nitrogen and oxygen atoms in total. The molecule has 1 aromatic heterocycles. The predicted octanol–water partition coefficient (Wildman–Crippen LogP) is 3.34. The Labute approximate surface area is 139 Å². The van der Waals surface area contributed by atoms with Crippen molar-refractivity contribution in [3.63, 3.8) is 0 Å². The number of amides is 1. The molecule has 3 rings (SSSR count). The molecule has 0 saturated carbocycles. The lowest BCUT2D eigenvalue weighted by Gasteiger charge is -2.15. The number of nitrogens with one attached hydrogen (secondary N) is 1. The third kappa shape index (κ3) is 4.08. The summed E-state index contributed by atoms with van der Waals surface area (Å²) in [5.74, 6) is -0.396. The number of carbonyl (C=O) groups is 1. The Hall–Kier alpha value is -2.47. The van der Waals surface area contributed by atoms with Crippen LogP contribution in [0.15, 0.2) is 36.5 Å². The molecule has 0 spiro atoms. The first-order chi connectivity index (χ1) is 11.6. The molecule has 0 radical (unpaired) electrons. The molecule has 24 heavy (non-hydrogen) atoms. The topological polar surface area (TPSA) is 60.5 Å². The lowest BCUT2D eigenvalue weighted by atomic mass is 10.2. The van der Waals surface area contributed by atoms with Crippen molar-refractivity contribution in [2.75, 3.05) is 18.5 Å². The fraction of sp³-hybridized carbons (Fsp3) is 0.333. The van der Waals surface area contributed by atoms with Gasteiger partial charge in [0.05, 0.1) is 17.4 Å². The van der Waals surface area contributed by atoms with E-state index in [0.29, 0.717) is 23.6 Å². The van der Waals surface area contributed by atoms with E-state index in [-0.39, 0.29) is 12.0 Å². The Morgan fingerprint density at radius 1 is 1.42 bits per heavy atom. The molecule has 2 aromatic rings. The Morgan fingerprint density at radius 2 is 2.29 bits per heavy atom. The van der Waals surface area contributed by atoms with Crippen LogP contribution in [0, 0.1) is 12.7 Å². The summed E-state index contributed by atoms with van der Waals surface area (Å²) in [6, 6.07) is 7.46. The fourth-order valence-corrected chi connectivity index (χ4v) is 2.48. The summed E-state index contributed by atoms with van der Waals surface area (Å²) in [4.78, 5) is 16.4. The highest BCUT2D eigenvalue weighted by Gasteiger charge is 2.18. The van der Waals surface area contributed by atoms with Gasteiger partial charge in [-0.3, -0.25) is 9.78 Å². The van der Waals surface area contributed by atoms with E-state index in [0.717, 1.165) is 25.1 Å². The third-order valence-corrected chi connectivity index (χ3v) is 3.81. The number of benzene rings is 1. The van der Waals surface area contributed by atoms with E-state index in [4.69, 9.17) is 9.47 Å². The second kappa shape index (κ2) is 7.40. The van der Waals surface area contributed by atoms with Crippen LogP contribution in [0.25, 0.3) is 0 Å². The van der Waals surface area contributed by atoms with Crippen molar-refractivity contribution in [3.05, 3.63) is 53.6 Å². The van der Waals surface area contributed by atoms with Gasteiger partial charge in [-0.15, -0.1) is 0 Å². The highest BCUT2D eigenvalue weighted by Crippen LogP contribution is 2.27. The third-order valence-electron chi connectivity index (χ3n) is 3.81. The first-order valence-electron chi connectivity index (χ1n) is 7.90. The molecule has 1 amide bonds. The molecular formula is C18H19FN2O3. The maximum Gasteiger partial charge on any atom is 0.257 e. The number of aryl methyl sites for hydroxylation is 1. The van der Waals surface area contributed by atoms with Crippen LogP contribution in [-0.4, -0.2) is 30.2 Å². The number of pyridine rings is 1. The van der Waals surface area contributed by atoms with Gasteiger partial charge in [-0.05, 0) is 44.0 Å². The average molecular weight is 330 g/mol. The summed E-state index contributed by atoms with van der Waals surface area (Å²) in [5.41, 5.74) is 1.51. The SMILES string of the molecule is Cc1ccc(C(=O)Nc2cc(F)ccc2OC[C@H]2CCCO2)cn1. The molecule has 1 N–H and O–H groups in total. The zero-order valence-electron chi connectivity index (χ0n) is 13.4. The number of ether oxygens (including phenoxy) is 2. The Morgan fingerprint density at radius 3 is 3.00 bits per heavy atom. The molecule has 0 bridgehead atoms. The van der Waals surface area contributed by atoms with Gasteiger partial charge in [-0.25, -0.2) is 4.39 Å². The monoisotopic (exact) mass is 330 g/mol. The number of rotatable bonds is 5. The molecule has 0 aliphatic carbocycles. The van der Waals surface area contributed by atoms with Gasteiger partial charge in [0.1, 0.15) is 18.2 Å². The number of nitrogens with zero attached hydrogens (tertiary/aromatic N) is 1. The molecule has 1 saturated heterocycles. The largest absolute Gasteiger partial charge is 0.489 e. The lowest BCUT2D eigenvalue weighted by molar-refractivity contribution is 0.0681. The Kier molecular flexibility index (Phi) is 5.05. The zero-order chi connectivity index (χ0) is 16.9. The van der Waals surface area contributed by atoms with Gasteiger partial charge in [0.25, 0.3) is 5.91 Å². The van der Waals surface area contributed by atoms with Crippen LogP contribution in [0.4, 0.5) is 10.1 Å². The zero-order valence-corrected chi connectivity index (χ0v) is 13.4. The van der Waals surface area contributed by atoms with Crippen LogP contribution >= 0.6 is 0 Å². The average Bonchev–Trinajstić information content (AvgIpc) is 3.08. The Balaban J connectivity index is 1.72. The van der Waals surface area contributed by atoms with Crippen LogP contribution in [0.5, 0.6) is 5.75 Å². The second-order valence-electron chi connectivity index (χ2n) is 5.73. The normalized spacial score (nSPS) is 16.8. The summed E-state index contributed by atoms with van der Waals surface area (Å²) >= 11 is 0. The molecule has 2 heterocycles. The van der Waals surface area contributed by atoms with Gasteiger partial charge in [-0.1, -0.05) is 0 Å². The molecule has 1 fully saturated rings. The predicted molar refractivity (Wildman–Crippen MR) is 87.8 cm³/mol. The number of hydrogen-bond acceptors (Lipinski definition) is 4. The van der Waals surface area contributed by atoms with E-state index in [9.17, 15) is 9.18 Å². The Bertz CT molecular complexity index is 713. The molecule has 1 atom stereocenters. The van der Waals surface area contributed by atoms with Gasteiger partial charge in [-0.2, -0.15) is 0 Å². The molecular weight excluding hydrogens is 311 g/mol. The van der Waals surface area contributed by atoms with Crippen molar-refractivity contribution < 1.29 is 18.7 Å². The summed E-state index contributed by atoms with van der Waals surface area (Å²) in [6.45, 7) is 2.95. The van der Waals surface area contributed by atoms with Gasteiger partial charge in [0.2, 0.25) is 0 Å². The minimum absolute atomic E-state index is 0.0416. The minimum Gasteiger partial charge on any atom is -0.489 e. The lowest BCUT2D eigenvalue weighted by Crippen LogP contribution is -2.18. The molecule has 1 aromatic carbocycles. The van der Waals surface area contributed by atoms with E-state index in [1.165, 1.54) is 24.4 Å². The van der Waals surface area contributed by atoms with Crippen LogP contribution in [0.1, 0.15) is 28.9 Å². The smallest absolute Gasteiger partial charge is 0.257 e. The maximum absolute atomic E-state index is 13.6. The second-order valence-corrected chi connectivity index (χ2v) is 5.73. The highest BCUT2D eigenvalue weighted by atomic mass is 19.1. The maximum atomic E-state index is 13.6. The molecule has 0 unspecified atom stereocenters. The van der Waals surface area contributed by atoms with E-state index >= 15 is 0 Å². The van der Waals surface area contributed by atoms with Crippen molar-refractivity contribution >= 4 is 11.6 Å². The van der Waals surface area contributed by atoms with Gasteiger partial charge in [0, 0.05) is 24.6 Å². The van der Waals surface area contributed by atoms with E-state index in [2.05, 4.69) is 10.3 Å². The van der Waals surface area contributed by atoms with Crippen LogP contribution < -0.4 is 10.1 Å². The number of halogens is 1. The van der Waals surface area contributed by atoms with Crippen LogP contribution in [0.3, 0.4) is 0 Å². The summed E-state index contributed by atoms with van der Waals surface area (Å²) in [5, 5.41) is 2.68. The first-order valence-corrected chi connectivity index (χ1v) is 7.90. The molecule has 1 aliphatic rings. The van der Waals surface area contributed by atoms with Gasteiger partial charge >= 0.3 is 0 Å². The van der Waals surface area contributed by atoms with Crippen molar-refractivity contribution in [1.82, 2.24) is 4.98 Å². The minimum atomic E-state index is -0.447. The first kappa shape index (κ1) is 16.4. The van der Waals surface area contributed by atoms with Crippen LogP contribution in [-0.2, 0) is 4.74 Å². The molecule has 6 heteroatoms. The van der Waals surface area contributed by atoms with Crippen molar-refractivity contribution in [1.29, 1.82) is 0 Å². The number of carbonyl (C=O) groups excluding carboxylic acids is 1. The molecule has 126 valence electrons. The van der Waals surface area contributed by atoms with E-state index < -0.39 is 5.82 Å². The standard InChI is InChI=1S/C18H19FN2O3/c1-12-4-5-13(10-20-12)18(22)21-16-9-14(19)6-7-17(16)24-11-15-3-2-8-23-15/h4-7,9-10,15H,2-3,8,11H2,1H3,(H,21,22)/t15-/m1/s1. The highest BCUT2D eigenvalue weighted by molar-refractivity contribution is 6.04. The molecule has 1 aliphatic heterocycles.